The summed E-state index contributed by atoms with van der Waals surface area (Å²) in [6.07, 6.45) is 0.373. The lowest BCUT2D eigenvalue weighted by Crippen LogP contribution is -2.40. The molecule has 9 nitrogen and oxygen atoms in total. The van der Waals surface area contributed by atoms with Crippen LogP contribution in [-0.4, -0.2) is 42.1 Å². The fourth-order valence-corrected chi connectivity index (χ4v) is 2.74. The van der Waals surface area contributed by atoms with Crippen LogP contribution in [0.1, 0.15) is 79.7 Å². The molecule has 0 spiro atoms. The summed E-state index contributed by atoms with van der Waals surface area (Å²) in [5.41, 5.74) is 5.96. The minimum Gasteiger partial charge on any atom is -0.458 e. The first-order valence-electron chi connectivity index (χ1n) is 12.0. The van der Waals surface area contributed by atoms with Crippen molar-refractivity contribution in [2.24, 2.45) is 11.1 Å². The Bertz CT molecular complexity index is 890. The molecule has 0 aliphatic heterocycles. The Balaban J connectivity index is 2.89. The Morgan fingerprint density at radius 3 is 1.89 bits per heavy atom. The van der Waals surface area contributed by atoms with Gasteiger partial charge in [0.2, 0.25) is 0 Å². The van der Waals surface area contributed by atoms with Crippen molar-refractivity contribution < 1.29 is 38.1 Å². The second kappa shape index (κ2) is 13.8. The van der Waals surface area contributed by atoms with Gasteiger partial charge in [0.25, 0.3) is 0 Å². The third kappa shape index (κ3) is 10.5. The maximum absolute atomic E-state index is 12.5. The van der Waals surface area contributed by atoms with Crippen LogP contribution in [0, 0.1) is 5.41 Å². The molecule has 196 valence electrons. The molecule has 0 aliphatic carbocycles. The predicted molar refractivity (Wildman–Crippen MR) is 130 cm³/mol. The van der Waals surface area contributed by atoms with Gasteiger partial charge in [0.1, 0.15) is 18.2 Å². The molecule has 1 rings (SSSR count). The maximum Gasteiger partial charge on any atom is 0.323 e. The number of ether oxygens (including phenoxy) is 4. The predicted octanol–water partition coefficient (Wildman–Crippen LogP) is 3.88. The van der Waals surface area contributed by atoms with Gasteiger partial charge in [0.05, 0.1) is 5.41 Å². The number of hydrogen-bond donors (Lipinski definition) is 1. The molecule has 3 atom stereocenters. The monoisotopic (exact) mass is 493 g/mol. The zero-order valence-electron chi connectivity index (χ0n) is 21.8. The normalized spacial score (nSPS) is 13.8. The van der Waals surface area contributed by atoms with Crippen LogP contribution in [0.3, 0.4) is 0 Å². The zero-order chi connectivity index (χ0) is 26.8. The van der Waals surface area contributed by atoms with Crippen molar-refractivity contribution in [3.63, 3.8) is 0 Å². The average Bonchev–Trinajstić information content (AvgIpc) is 2.74. The Morgan fingerprint density at radius 2 is 1.37 bits per heavy atom. The highest BCUT2D eigenvalue weighted by molar-refractivity contribution is 5.78. The zero-order valence-corrected chi connectivity index (χ0v) is 21.8. The van der Waals surface area contributed by atoms with Gasteiger partial charge in [-0.2, -0.15) is 0 Å². The first kappa shape index (κ1) is 30.1. The third-order valence-electron chi connectivity index (χ3n) is 4.99. The summed E-state index contributed by atoms with van der Waals surface area (Å²) in [7, 11) is 0. The first-order chi connectivity index (χ1) is 16.3. The summed E-state index contributed by atoms with van der Waals surface area (Å²) in [5.74, 6) is -1.77. The number of carbonyl (C=O) groups is 4. The fraction of sp³-hybridized carbons (Fsp3) is 0.615. The number of nitrogens with two attached hydrogens (primary N) is 1. The van der Waals surface area contributed by atoms with E-state index >= 15 is 0 Å². The highest BCUT2D eigenvalue weighted by atomic mass is 16.6. The van der Waals surface area contributed by atoms with Gasteiger partial charge < -0.3 is 24.7 Å². The Morgan fingerprint density at radius 1 is 0.857 bits per heavy atom. The van der Waals surface area contributed by atoms with Crippen LogP contribution in [0.4, 0.5) is 0 Å². The molecule has 0 saturated heterocycles. The van der Waals surface area contributed by atoms with Crippen molar-refractivity contribution in [1.29, 1.82) is 0 Å². The van der Waals surface area contributed by atoms with Gasteiger partial charge in [0, 0.05) is 12.8 Å². The Labute approximate surface area is 207 Å². The molecule has 0 amide bonds. The molecule has 35 heavy (non-hydrogen) atoms. The molecule has 1 aromatic carbocycles. The number of esters is 4. The summed E-state index contributed by atoms with van der Waals surface area (Å²) in [4.78, 5) is 48.6. The van der Waals surface area contributed by atoms with Gasteiger partial charge >= 0.3 is 23.9 Å². The van der Waals surface area contributed by atoms with Crippen LogP contribution < -0.4 is 15.2 Å². The van der Waals surface area contributed by atoms with Crippen LogP contribution in [0.25, 0.3) is 0 Å². The molecular weight excluding hydrogens is 454 g/mol. The highest BCUT2D eigenvalue weighted by Crippen LogP contribution is 2.30. The van der Waals surface area contributed by atoms with E-state index in [-0.39, 0.29) is 30.8 Å². The molecule has 0 aliphatic rings. The molecule has 0 fully saturated rings. The lowest BCUT2D eigenvalue weighted by Gasteiger charge is -2.25. The third-order valence-corrected chi connectivity index (χ3v) is 4.99. The van der Waals surface area contributed by atoms with Crippen molar-refractivity contribution in [3.05, 3.63) is 23.8 Å². The van der Waals surface area contributed by atoms with Crippen molar-refractivity contribution in [2.75, 3.05) is 0 Å². The molecule has 9 heteroatoms. The SMILES string of the molecule is CCCC(=O)Oc1ccc(C[C@H](N)C(=O)O[C@@H](C)C(C)OC(=O)C(C)(C)C)cc1OC(=O)CCC. The van der Waals surface area contributed by atoms with Gasteiger partial charge in [-0.1, -0.05) is 19.9 Å². The van der Waals surface area contributed by atoms with Gasteiger partial charge in [-0.3, -0.25) is 19.2 Å². The van der Waals surface area contributed by atoms with Gasteiger partial charge in [0.15, 0.2) is 11.5 Å². The molecule has 2 N–H and O–H groups in total. The molecule has 1 aromatic rings. The molecule has 0 bridgehead atoms. The van der Waals surface area contributed by atoms with Crippen LogP contribution in [0.5, 0.6) is 11.5 Å². The van der Waals surface area contributed by atoms with Crippen LogP contribution >= 0.6 is 0 Å². The first-order valence-corrected chi connectivity index (χ1v) is 12.0. The van der Waals surface area contributed by atoms with Crippen LogP contribution in [0.2, 0.25) is 0 Å². The van der Waals surface area contributed by atoms with Crippen molar-refractivity contribution in [1.82, 2.24) is 0 Å². The summed E-state index contributed by atoms with van der Waals surface area (Å²) in [6, 6.07) is 3.64. The minimum absolute atomic E-state index is 0.0852. The van der Waals surface area contributed by atoms with E-state index in [2.05, 4.69) is 0 Å². The van der Waals surface area contributed by atoms with Crippen molar-refractivity contribution in [3.8, 4) is 11.5 Å². The fourth-order valence-electron chi connectivity index (χ4n) is 2.74. The van der Waals surface area contributed by atoms with E-state index in [0.717, 1.165) is 0 Å². The van der Waals surface area contributed by atoms with Crippen LogP contribution in [-0.2, 0) is 35.1 Å². The Hall–Kier alpha value is -2.94. The molecule has 0 radical (unpaired) electrons. The van der Waals surface area contributed by atoms with Crippen LogP contribution in [0.15, 0.2) is 18.2 Å². The van der Waals surface area contributed by atoms with E-state index in [1.54, 1.807) is 40.7 Å². The van der Waals surface area contributed by atoms with E-state index < -0.39 is 47.5 Å². The minimum atomic E-state index is -1.02. The Kier molecular flexibility index (Phi) is 11.9. The second-order valence-electron chi connectivity index (χ2n) is 9.54. The second-order valence-corrected chi connectivity index (χ2v) is 9.54. The molecule has 1 unspecified atom stereocenters. The van der Waals surface area contributed by atoms with E-state index in [4.69, 9.17) is 24.7 Å². The number of hydrogen-bond acceptors (Lipinski definition) is 9. The smallest absolute Gasteiger partial charge is 0.323 e. The summed E-state index contributed by atoms with van der Waals surface area (Å²) >= 11 is 0. The summed E-state index contributed by atoms with van der Waals surface area (Å²) < 4.78 is 21.5. The molecular formula is C26H39NO8. The highest BCUT2D eigenvalue weighted by Gasteiger charge is 2.29. The maximum atomic E-state index is 12.5. The van der Waals surface area contributed by atoms with E-state index in [1.807, 2.05) is 13.8 Å². The van der Waals surface area contributed by atoms with Crippen molar-refractivity contribution in [2.45, 2.75) is 98.8 Å². The average molecular weight is 494 g/mol. The van der Waals surface area contributed by atoms with Gasteiger partial charge in [-0.05, 0) is 71.6 Å². The van der Waals surface area contributed by atoms with E-state index in [1.165, 1.54) is 12.1 Å². The number of benzene rings is 1. The van der Waals surface area contributed by atoms with E-state index in [9.17, 15) is 19.2 Å². The largest absolute Gasteiger partial charge is 0.458 e. The standard InChI is InChI=1S/C26H39NO8/c1-8-10-22(28)34-20-13-12-18(15-21(20)35-23(29)11-9-2)14-19(27)24(30)32-16(3)17(4)33-25(31)26(5,6)7/h12-13,15-17,19H,8-11,14,27H2,1-7H3/t16-,17?,19-/m0/s1. The topological polar surface area (TPSA) is 131 Å². The summed E-state index contributed by atoms with van der Waals surface area (Å²) in [6.45, 7) is 12.2. The van der Waals surface area contributed by atoms with Gasteiger partial charge in [-0.15, -0.1) is 0 Å². The van der Waals surface area contributed by atoms with Crippen molar-refractivity contribution >= 4 is 23.9 Å². The molecule has 0 saturated carbocycles. The number of rotatable bonds is 12. The lowest BCUT2D eigenvalue weighted by atomic mass is 9.97. The quantitative estimate of drug-likeness (QED) is 0.340. The number of carbonyl (C=O) groups excluding carboxylic acids is 4. The summed E-state index contributed by atoms with van der Waals surface area (Å²) in [5, 5.41) is 0. The van der Waals surface area contributed by atoms with Gasteiger partial charge in [-0.25, -0.2) is 0 Å². The molecule has 0 heterocycles. The van der Waals surface area contributed by atoms with E-state index in [0.29, 0.717) is 18.4 Å². The molecule has 0 aromatic heterocycles. The lowest BCUT2D eigenvalue weighted by molar-refractivity contribution is -0.171.